The average Bonchev–Trinajstić information content (AvgIpc) is 2.23. The SMILES string of the molecule is O=C1NCCN[C@H]1Cc1ccncc1. The summed E-state index contributed by atoms with van der Waals surface area (Å²) in [5, 5.41) is 6.02. The van der Waals surface area contributed by atoms with Crippen LogP contribution in [0, 0.1) is 0 Å². The minimum absolute atomic E-state index is 0.0908. The molecule has 1 atom stereocenters. The third-order valence-corrected chi connectivity index (χ3v) is 2.32. The molecule has 2 heterocycles. The lowest BCUT2D eigenvalue weighted by Gasteiger charge is -2.23. The number of piperazine rings is 1. The summed E-state index contributed by atoms with van der Waals surface area (Å²) in [7, 11) is 0. The molecule has 0 unspecified atom stereocenters. The summed E-state index contributed by atoms with van der Waals surface area (Å²) in [4.78, 5) is 15.3. The Kier molecular flexibility index (Phi) is 2.74. The van der Waals surface area contributed by atoms with Crippen LogP contribution in [0.1, 0.15) is 5.56 Å². The van der Waals surface area contributed by atoms with Crippen molar-refractivity contribution in [3.8, 4) is 0 Å². The molecule has 1 amide bonds. The highest BCUT2D eigenvalue weighted by molar-refractivity contribution is 5.82. The topological polar surface area (TPSA) is 54.0 Å². The Morgan fingerprint density at radius 2 is 2.14 bits per heavy atom. The van der Waals surface area contributed by atoms with E-state index in [9.17, 15) is 4.79 Å². The van der Waals surface area contributed by atoms with Gasteiger partial charge in [0, 0.05) is 25.5 Å². The summed E-state index contributed by atoms with van der Waals surface area (Å²) >= 11 is 0. The quantitative estimate of drug-likeness (QED) is 0.675. The molecule has 1 aliphatic heterocycles. The Morgan fingerprint density at radius 1 is 1.36 bits per heavy atom. The molecule has 0 spiro atoms. The van der Waals surface area contributed by atoms with E-state index in [-0.39, 0.29) is 11.9 Å². The van der Waals surface area contributed by atoms with Crippen LogP contribution in [0.15, 0.2) is 24.5 Å². The number of hydrogen-bond donors (Lipinski definition) is 2. The van der Waals surface area contributed by atoms with E-state index < -0.39 is 0 Å². The Hall–Kier alpha value is -1.42. The molecular formula is C10H13N3O. The second-order valence-corrected chi connectivity index (χ2v) is 3.36. The van der Waals surface area contributed by atoms with Gasteiger partial charge in [-0.05, 0) is 24.1 Å². The van der Waals surface area contributed by atoms with Gasteiger partial charge >= 0.3 is 0 Å². The third-order valence-electron chi connectivity index (χ3n) is 2.32. The predicted octanol–water partition coefficient (Wildman–Crippen LogP) is -0.288. The molecule has 2 rings (SSSR count). The minimum atomic E-state index is -0.0915. The predicted molar refractivity (Wildman–Crippen MR) is 52.7 cm³/mol. The van der Waals surface area contributed by atoms with E-state index in [0.29, 0.717) is 0 Å². The number of amides is 1. The molecule has 0 aliphatic carbocycles. The van der Waals surface area contributed by atoms with Crippen LogP contribution >= 0.6 is 0 Å². The van der Waals surface area contributed by atoms with Crippen molar-refractivity contribution in [3.63, 3.8) is 0 Å². The minimum Gasteiger partial charge on any atom is -0.353 e. The Labute approximate surface area is 82.7 Å². The van der Waals surface area contributed by atoms with E-state index >= 15 is 0 Å². The molecule has 0 radical (unpaired) electrons. The summed E-state index contributed by atoms with van der Waals surface area (Å²) in [5.41, 5.74) is 1.13. The van der Waals surface area contributed by atoms with Crippen LogP contribution in [0.5, 0.6) is 0 Å². The molecule has 1 saturated heterocycles. The van der Waals surface area contributed by atoms with E-state index in [1.165, 1.54) is 0 Å². The van der Waals surface area contributed by atoms with E-state index in [4.69, 9.17) is 0 Å². The lowest BCUT2D eigenvalue weighted by Crippen LogP contribution is -2.53. The molecule has 2 N–H and O–H groups in total. The van der Waals surface area contributed by atoms with Crippen LogP contribution in [0.3, 0.4) is 0 Å². The number of nitrogens with zero attached hydrogens (tertiary/aromatic N) is 1. The van der Waals surface area contributed by atoms with Crippen LogP contribution in [-0.4, -0.2) is 30.0 Å². The molecule has 1 aromatic heterocycles. The van der Waals surface area contributed by atoms with Gasteiger partial charge in [-0.2, -0.15) is 0 Å². The summed E-state index contributed by atoms with van der Waals surface area (Å²) in [6.45, 7) is 1.58. The van der Waals surface area contributed by atoms with Crippen molar-refractivity contribution in [3.05, 3.63) is 30.1 Å². The fourth-order valence-electron chi connectivity index (χ4n) is 1.57. The average molecular weight is 191 g/mol. The zero-order valence-electron chi connectivity index (χ0n) is 7.86. The summed E-state index contributed by atoms with van der Waals surface area (Å²) in [6.07, 6.45) is 4.22. The fourth-order valence-corrected chi connectivity index (χ4v) is 1.57. The molecule has 0 aromatic carbocycles. The Bertz CT molecular complexity index is 312. The van der Waals surface area contributed by atoms with Gasteiger partial charge < -0.3 is 10.6 Å². The second-order valence-electron chi connectivity index (χ2n) is 3.36. The number of carbonyl (C=O) groups excluding carboxylic acids is 1. The summed E-state index contributed by atoms with van der Waals surface area (Å²) in [6, 6.07) is 3.78. The van der Waals surface area contributed by atoms with E-state index in [2.05, 4.69) is 15.6 Å². The van der Waals surface area contributed by atoms with Gasteiger partial charge in [0.25, 0.3) is 0 Å². The summed E-state index contributed by atoms with van der Waals surface area (Å²) in [5.74, 6) is 0.0908. The third kappa shape index (κ3) is 2.09. The first-order valence-electron chi connectivity index (χ1n) is 4.76. The first-order chi connectivity index (χ1) is 6.86. The highest BCUT2D eigenvalue weighted by Crippen LogP contribution is 2.03. The molecule has 1 fully saturated rings. The van der Waals surface area contributed by atoms with Crippen molar-refractivity contribution in [1.82, 2.24) is 15.6 Å². The van der Waals surface area contributed by atoms with Crippen LogP contribution in [0.2, 0.25) is 0 Å². The summed E-state index contributed by atoms with van der Waals surface area (Å²) < 4.78 is 0. The van der Waals surface area contributed by atoms with Gasteiger partial charge in [0.2, 0.25) is 5.91 Å². The number of hydrogen-bond acceptors (Lipinski definition) is 3. The lowest BCUT2D eigenvalue weighted by molar-refractivity contribution is -0.124. The number of aromatic nitrogens is 1. The molecule has 14 heavy (non-hydrogen) atoms. The maximum atomic E-state index is 11.4. The highest BCUT2D eigenvalue weighted by atomic mass is 16.2. The standard InChI is InChI=1S/C10H13N3O/c14-10-9(12-5-6-13-10)7-8-1-3-11-4-2-8/h1-4,9,12H,5-7H2,(H,13,14)/t9-/m0/s1. The first kappa shape index (κ1) is 9.15. The van der Waals surface area contributed by atoms with Gasteiger partial charge in [-0.25, -0.2) is 0 Å². The van der Waals surface area contributed by atoms with Crippen LogP contribution in [-0.2, 0) is 11.2 Å². The van der Waals surface area contributed by atoms with Crippen molar-refractivity contribution >= 4 is 5.91 Å². The normalized spacial score (nSPS) is 21.7. The number of rotatable bonds is 2. The van der Waals surface area contributed by atoms with Crippen LogP contribution < -0.4 is 10.6 Å². The van der Waals surface area contributed by atoms with Crippen molar-refractivity contribution in [2.24, 2.45) is 0 Å². The first-order valence-corrected chi connectivity index (χ1v) is 4.76. The number of carbonyl (C=O) groups is 1. The molecule has 1 aromatic rings. The second kappa shape index (κ2) is 4.19. The number of nitrogens with one attached hydrogen (secondary N) is 2. The van der Waals surface area contributed by atoms with Crippen molar-refractivity contribution in [1.29, 1.82) is 0 Å². The van der Waals surface area contributed by atoms with Crippen molar-refractivity contribution in [2.45, 2.75) is 12.5 Å². The molecule has 0 bridgehead atoms. The lowest BCUT2D eigenvalue weighted by atomic mass is 10.1. The van der Waals surface area contributed by atoms with Crippen molar-refractivity contribution < 1.29 is 4.79 Å². The van der Waals surface area contributed by atoms with Gasteiger partial charge in [0.15, 0.2) is 0 Å². The molecule has 4 nitrogen and oxygen atoms in total. The van der Waals surface area contributed by atoms with Gasteiger partial charge in [0.1, 0.15) is 0 Å². The van der Waals surface area contributed by atoms with E-state index in [0.717, 1.165) is 25.1 Å². The molecular weight excluding hydrogens is 178 g/mol. The Morgan fingerprint density at radius 3 is 2.86 bits per heavy atom. The zero-order valence-corrected chi connectivity index (χ0v) is 7.86. The Balaban J connectivity index is 2.00. The molecule has 0 saturated carbocycles. The monoisotopic (exact) mass is 191 g/mol. The van der Waals surface area contributed by atoms with E-state index in [1.54, 1.807) is 12.4 Å². The highest BCUT2D eigenvalue weighted by Gasteiger charge is 2.20. The van der Waals surface area contributed by atoms with Gasteiger partial charge in [0.05, 0.1) is 6.04 Å². The zero-order chi connectivity index (χ0) is 9.80. The molecule has 4 heteroatoms. The smallest absolute Gasteiger partial charge is 0.237 e. The van der Waals surface area contributed by atoms with Crippen LogP contribution in [0.25, 0.3) is 0 Å². The number of pyridine rings is 1. The van der Waals surface area contributed by atoms with Crippen LogP contribution in [0.4, 0.5) is 0 Å². The maximum Gasteiger partial charge on any atom is 0.237 e. The molecule has 74 valence electrons. The fraction of sp³-hybridized carbons (Fsp3) is 0.400. The van der Waals surface area contributed by atoms with Gasteiger partial charge in [-0.1, -0.05) is 0 Å². The van der Waals surface area contributed by atoms with E-state index in [1.807, 2.05) is 12.1 Å². The maximum absolute atomic E-state index is 11.4. The largest absolute Gasteiger partial charge is 0.353 e. The van der Waals surface area contributed by atoms with Gasteiger partial charge in [-0.15, -0.1) is 0 Å². The van der Waals surface area contributed by atoms with Gasteiger partial charge in [-0.3, -0.25) is 9.78 Å². The molecule has 1 aliphatic rings. The van der Waals surface area contributed by atoms with Crippen molar-refractivity contribution in [2.75, 3.05) is 13.1 Å².